The van der Waals surface area contributed by atoms with Gasteiger partial charge in [0.05, 0.1) is 16.7 Å². The first-order valence-electron chi connectivity index (χ1n) is 21.9. The molecular formula is C59H50N4. The minimum atomic E-state index is 0.0437. The lowest BCUT2D eigenvalue weighted by Gasteiger charge is -2.19. The number of aromatic nitrogens is 4. The maximum atomic E-state index is 5.11. The van der Waals surface area contributed by atoms with E-state index in [1.54, 1.807) is 0 Å². The quantitative estimate of drug-likeness (QED) is 0.161. The van der Waals surface area contributed by atoms with Gasteiger partial charge in [-0.05, 0) is 80.1 Å². The third-order valence-electron chi connectivity index (χ3n) is 12.2. The fourth-order valence-electron chi connectivity index (χ4n) is 8.67. The molecule has 4 nitrogen and oxygen atoms in total. The van der Waals surface area contributed by atoms with Gasteiger partial charge in [-0.15, -0.1) is 0 Å². The summed E-state index contributed by atoms with van der Waals surface area (Å²) in [6.07, 6.45) is 0. The van der Waals surface area contributed by atoms with E-state index in [0.717, 1.165) is 38.9 Å². The fourth-order valence-corrected chi connectivity index (χ4v) is 8.67. The SMILES string of the molecule is CC(C)(C)c1ccc2c(c1)c1cc(C(C)(C)C)ccc1n2-c1ccccc1-c1ccc(-c2ccc(-c3nc(-c4ccccc4)nc(-c4ccccc4-c4ccccc4)n3)cc2)cc1. The molecule has 8 aromatic carbocycles. The molecule has 0 atom stereocenters. The fraction of sp³-hybridized carbons (Fsp3) is 0.136. The first kappa shape index (κ1) is 39.7. The van der Waals surface area contributed by atoms with Crippen LogP contribution in [0, 0.1) is 0 Å². The van der Waals surface area contributed by atoms with E-state index < -0.39 is 0 Å². The van der Waals surface area contributed by atoms with E-state index >= 15 is 0 Å². The summed E-state index contributed by atoms with van der Waals surface area (Å²) in [5.41, 5.74) is 16.0. The molecule has 306 valence electrons. The second-order valence-corrected chi connectivity index (χ2v) is 18.6. The molecule has 2 aromatic heterocycles. The van der Waals surface area contributed by atoms with Gasteiger partial charge in [0.1, 0.15) is 0 Å². The van der Waals surface area contributed by atoms with Crippen molar-refractivity contribution < 1.29 is 0 Å². The molecule has 0 fully saturated rings. The second-order valence-electron chi connectivity index (χ2n) is 18.6. The maximum absolute atomic E-state index is 5.11. The Morgan fingerprint density at radius 2 is 0.698 bits per heavy atom. The Morgan fingerprint density at radius 1 is 0.317 bits per heavy atom. The largest absolute Gasteiger partial charge is 0.309 e. The number of hydrogen-bond donors (Lipinski definition) is 0. The van der Waals surface area contributed by atoms with E-state index in [9.17, 15) is 0 Å². The smallest absolute Gasteiger partial charge is 0.164 e. The van der Waals surface area contributed by atoms with Crippen LogP contribution >= 0.6 is 0 Å². The lowest BCUT2D eigenvalue weighted by molar-refractivity contribution is 0.590. The normalized spacial score (nSPS) is 12.0. The van der Waals surface area contributed by atoms with Crippen molar-refractivity contribution >= 4 is 21.8 Å². The lowest BCUT2D eigenvalue weighted by Crippen LogP contribution is -2.10. The van der Waals surface area contributed by atoms with Crippen LogP contribution in [0.3, 0.4) is 0 Å². The van der Waals surface area contributed by atoms with Gasteiger partial charge in [-0.3, -0.25) is 0 Å². The summed E-state index contributed by atoms with van der Waals surface area (Å²) in [7, 11) is 0. The highest BCUT2D eigenvalue weighted by molar-refractivity contribution is 6.10. The molecule has 0 radical (unpaired) electrons. The van der Waals surface area contributed by atoms with Gasteiger partial charge in [0.2, 0.25) is 0 Å². The molecule has 0 saturated carbocycles. The van der Waals surface area contributed by atoms with Crippen LogP contribution in [-0.4, -0.2) is 19.5 Å². The molecule has 2 heterocycles. The Kier molecular flexibility index (Phi) is 9.95. The number of para-hydroxylation sites is 1. The summed E-state index contributed by atoms with van der Waals surface area (Å²) >= 11 is 0. The third-order valence-corrected chi connectivity index (χ3v) is 12.2. The van der Waals surface area contributed by atoms with Crippen molar-refractivity contribution in [3.05, 3.63) is 205 Å². The van der Waals surface area contributed by atoms with Crippen LogP contribution in [0.15, 0.2) is 194 Å². The highest BCUT2D eigenvalue weighted by Gasteiger charge is 2.22. The molecule has 10 rings (SSSR count). The molecule has 0 aliphatic carbocycles. The molecule has 63 heavy (non-hydrogen) atoms. The summed E-state index contributed by atoms with van der Waals surface area (Å²) in [5, 5.41) is 2.58. The molecule has 0 aliphatic rings. The van der Waals surface area contributed by atoms with Crippen LogP contribution in [0.4, 0.5) is 0 Å². The van der Waals surface area contributed by atoms with Crippen LogP contribution in [0.25, 0.3) is 95.0 Å². The molecule has 0 bridgehead atoms. The number of rotatable bonds is 7. The van der Waals surface area contributed by atoms with E-state index in [1.807, 2.05) is 42.5 Å². The first-order valence-corrected chi connectivity index (χ1v) is 21.9. The highest BCUT2D eigenvalue weighted by atomic mass is 15.0. The van der Waals surface area contributed by atoms with Gasteiger partial charge in [0, 0.05) is 33.0 Å². The van der Waals surface area contributed by atoms with Gasteiger partial charge in [-0.2, -0.15) is 0 Å². The van der Waals surface area contributed by atoms with Crippen molar-refractivity contribution in [2.24, 2.45) is 0 Å². The van der Waals surface area contributed by atoms with Crippen molar-refractivity contribution in [3.63, 3.8) is 0 Å². The van der Waals surface area contributed by atoms with Gasteiger partial charge in [-0.1, -0.05) is 205 Å². The lowest BCUT2D eigenvalue weighted by atomic mass is 9.85. The summed E-state index contributed by atoms with van der Waals surface area (Å²) in [6, 6.07) is 69.3. The maximum Gasteiger partial charge on any atom is 0.164 e. The molecule has 4 heteroatoms. The zero-order chi connectivity index (χ0) is 43.3. The predicted octanol–water partition coefficient (Wildman–Crippen LogP) is 15.6. The molecule has 0 aliphatic heterocycles. The summed E-state index contributed by atoms with van der Waals surface area (Å²) < 4.78 is 2.46. The second kappa shape index (κ2) is 15.8. The van der Waals surface area contributed by atoms with Crippen molar-refractivity contribution in [2.75, 3.05) is 0 Å². The van der Waals surface area contributed by atoms with E-state index in [0.29, 0.717) is 17.5 Å². The van der Waals surface area contributed by atoms with Crippen LogP contribution < -0.4 is 0 Å². The Bertz CT molecular complexity index is 3190. The van der Waals surface area contributed by atoms with Gasteiger partial charge in [0.25, 0.3) is 0 Å². The number of benzene rings is 8. The van der Waals surface area contributed by atoms with Crippen LogP contribution in [0.5, 0.6) is 0 Å². The topological polar surface area (TPSA) is 43.6 Å². The van der Waals surface area contributed by atoms with Gasteiger partial charge < -0.3 is 4.57 Å². The highest BCUT2D eigenvalue weighted by Crippen LogP contribution is 2.40. The molecule has 0 unspecified atom stereocenters. The molecular weight excluding hydrogens is 765 g/mol. The predicted molar refractivity (Wildman–Crippen MR) is 264 cm³/mol. The van der Waals surface area contributed by atoms with Crippen molar-refractivity contribution in [1.29, 1.82) is 0 Å². The molecule has 0 amide bonds. The Balaban J connectivity index is 1.01. The monoisotopic (exact) mass is 814 g/mol. The minimum Gasteiger partial charge on any atom is -0.309 e. The molecule has 10 aromatic rings. The van der Waals surface area contributed by atoms with Crippen molar-refractivity contribution in [1.82, 2.24) is 19.5 Å². The number of hydrogen-bond acceptors (Lipinski definition) is 3. The van der Waals surface area contributed by atoms with Crippen LogP contribution in [0.2, 0.25) is 0 Å². The first-order chi connectivity index (χ1) is 30.5. The number of fused-ring (bicyclic) bond motifs is 3. The average Bonchev–Trinajstić information content (AvgIpc) is 3.64. The van der Waals surface area contributed by atoms with E-state index in [2.05, 4.69) is 198 Å². The third kappa shape index (κ3) is 7.63. The Morgan fingerprint density at radius 3 is 1.22 bits per heavy atom. The van der Waals surface area contributed by atoms with Crippen molar-refractivity contribution in [2.45, 2.75) is 52.4 Å². The van der Waals surface area contributed by atoms with Crippen LogP contribution in [-0.2, 0) is 10.8 Å². The van der Waals surface area contributed by atoms with Gasteiger partial charge in [0.15, 0.2) is 17.5 Å². The zero-order valence-electron chi connectivity index (χ0n) is 36.8. The van der Waals surface area contributed by atoms with Gasteiger partial charge in [-0.25, -0.2) is 15.0 Å². The Hall–Kier alpha value is -7.43. The average molecular weight is 815 g/mol. The van der Waals surface area contributed by atoms with Crippen LogP contribution in [0.1, 0.15) is 52.7 Å². The van der Waals surface area contributed by atoms with Gasteiger partial charge >= 0.3 is 0 Å². The summed E-state index contributed by atoms with van der Waals surface area (Å²) in [4.78, 5) is 15.2. The summed E-state index contributed by atoms with van der Waals surface area (Å²) in [6.45, 7) is 13.8. The van der Waals surface area contributed by atoms with Crippen molar-refractivity contribution in [3.8, 4) is 73.2 Å². The standard InChI is InChI=1S/C59H50N4/c1-58(2,3)45-33-35-53-50(37-45)51-38-46(59(4,5)6)34-36-54(51)63(53)52-24-16-15-22-48(52)42-29-25-39(26-30-42)40-27-31-44(32-28-40)56-60-55(43-19-11-8-12-20-43)61-57(62-56)49-23-14-13-21-47(49)41-17-9-7-10-18-41/h7-38H,1-6H3. The van der Waals surface area contributed by atoms with E-state index in [4.69, 9.17) is 15.0 Å². The molecule has 0 N–H and O–H groups in total. The van der Waals surface area contributed by atoms with E-state index in [-0.39, 0.29) is 10.8 Å². The molecule has 0 spiro atoms. The zero-order valence-corrected chi connectivity index (χ0v) is 36.8. The molecule has 0 saturated heterocycles. The summed E-state index contributed by atoms with van der Waals surface area (Å²) in [5.74, 6) is 1.92. The Labute approximate surface area is 370 Å². The number of nitrogens with zero attached hydrogens (tertiary/aromatic N) is 4. The van der Waals surface area contributed by atoms with E-state index in [1.165, 1.54) is 49.7 Å². The minimum absolute atomic E-state index is 0.0437.